The van der Waals surface area contributed by atoms with Gasteiger partial charge in [-0.3, -0.25) is 4.79 Å². The third-order valence-corrected chi connectivity index (χ3v) is 5.38. The van der Waals surface area contributed by atoms with Gasteiger partial charge in [-0.2, -0.15) is 4.72 Å². The molecule has 112 valence electrons. The van der Waals surface area contributed by atoms with E-state index in [1.165, 1.54) is 18.2 Å². The van der Waals surface area contributed by atoms with Crippen molar-refractivity contribution in [3.05, 3.63) is 28.2 Å². The minimum Gasteiger partial charge on any atom is -0.480 e. The minimum absolute atomic E-state index is 0.0200. The molecule has 0 aromatic heterocycles. The van der Waals surface area contributed by atoms with Crippen LogP contribution in [0.1, 0.15) is 26.7 Å². The van der Waals surface area contributed by atoms with Gasteiger partial charge in [0.25, 0.3) is 0 Å². The van der Waals surface area contributed by atoms with Crippen LogP contribution in [0.3, 0.4) is 0 Å². The lowest BCUT2D eigenvalue weighted by atomic mass is 9.95. The fourth-order valence-electron chi connectivity index (χ4n) is 1.74. The quantitative estimate of drug-likeness (QED) is 0.834. The van der Waals surface area contributed by atoms with Crippen molar-refractivity contribution in [3.63, 3.8) is 0 Å². The topological polar surface area (TPSA) is 83.5 Å². The number of benzene rings is 1. The highest BCUT2D eigenvalue weighted by Crippen LogP contribution is 2.27. The molecule has 0 heterocycles. The zero-order valence-electron chi connectivity index (χ0n) is 11.0. The third kappa shape index (κ3) is 3.44. The summed E-state index contributed by atoms with van der Waals surface area (Å²) in [6, 6.07) is 3.98. The number of sulfonamides is 1. The molecular weight excluding hydrogens is 325 g/mol. The van der Waals surface area contributed by atoms with Crippen LogP contribution in [0.5, 0.6) is 0 Å². The van der Waals surface area contributed by atoms with Crippen molar-refractivity contribution < 1.29 is 18.3 Å². The second kappa shape index (κ2) is 6.30. The van der Waals surface area contributed by atoms with Crippen LogP contribution >= 0.6 is 23.2 Å². The molecule has 8 heteroatoms. The molecule has 0 bridgehead atoms. The molecule has 20 heavy (non-hydrogen) atoms. The Hall–Kier alpha value is -0.820. The zero-order valence-corrected chi connectivity index (χ0v) is 13.3. The van der Waals surface area contributed by atoms with Gasteiger partial charge in [-0.25, -0.2) is 8.42 Å². The van der Waals surface area contributed by atoms with Crippen LogP contribution in [0.15, 0.2) is 23.1 Å². The summed E-state index contributed by atoms with van der Waals surface area (Å²) in [5.41, 5.74) is -1.57. The summed E-state index contributed by atoms with van der Waals surface area (Å²) in [6.07, 6.45) is 0.215. The average Bonchev–Trinajstić information content (AvgIpc) is 2.38. The predicted octanol–water partition coefficient (Wildman–Crippen LogP) is 2.92. The number of carboxylic acid groups (broad SMARTS) is 1. The highest BCUT2D eigenvalue weighted by molar-refractivity contribution is 7.89. The maximum Gasteiger partial charge on any atom is 0.324 e. The van der Waals surface area contributed by atoms with Gasteiger partial charge in [-0.05, 0) is 31.0 Å². The number of carboxylic acids is 1. The van der Waals surface area contributed by atoms with E-state index in [1.54, 1.807) is 13.8 Å². The number of carbonyl (C=O) groups is 1. The Kier molecular flexibility index (Phi) is 5.43. The summed E-state index contributed by atoms with van der Waals surface area (Å²) in [4.78, 5) is 11.1. The summed E-state index contributed by atoms with van der Waals surface area (Å²) >= 11 is 11.6. The van der Waals surface area contributed by atoms with Gasteiger partial charge in [0.15, 0.2) is 0 Å². The van der Waals surface area contributed by atoms with Crippen molar-refractivity contribution in [2.75, 3.05) is 0 Å². The van der Waals surface area contributed by atoms with E-state index in [-0.39, 0.29) is 27.8 Å². The SMILES string of the molecule is CCC(CC)(NS(=O)(=O)c1cc(Cl)ccc1Cl)C(=O)O. The van der Waals surface area contributed by atoms with Gasteiger partial charge in [0.1, 0.15) is 10.4 Å². The van der Waals surface area contributed by atoms with Crippen LogP contribution in [0.2, 0.25) is 10.0 Å². The molecule has 0 spiro atoms. The lowest BCUT2D eigenvalue weighted by Crippen LogP contribution is -2.53. The molecule has 5 nitrogen and oxygen atoms in total. The second-order valence-electron chi connectivity index (χ2n) is 4.27. The van der Waals surface area contributed by atoms with Gasteiger partial charge in [0.2, 0.25) is 10.0 Å². The molecule has 0 saturated carbocycles. The molecule has 0 radical (unpaired) electrons. The zero-order chi connectivity index (χ0) is 15.6. The molecule has 0 aliphatic carbocycles. The fourth-order valence-corrected chi connectivity index (χ4v) is 4.00. The van der Waals surface area contributed by atoms with E-state index in [0.717, 1.165) is 0 Å². The highest BCUT2D eigenvalue weighted by atomic mass is 35.5. The highest BCUT2D eigenvalue weighted by Gasteiger charge is 2.39. The van der Waals surface area contributed by atoms with Crippen LogP contribution in [0, 0.1) is 0 Å². The van der Waals surface area contributed by atoms with E-state index in [2.05, 4.69) is 4.72 Å². The average molecular weight is 340 g/mol. The molecule has 1 aromatic carbocycles. The summed E-state index contributed by atoms with van der Waals surface area (Å²) < 4.78 is 26.9. The van der Waals surface area contributed by atoms with Gasteiger partial charge >= 0.3 is 5.97 Å². The largest absolute Gasteiger partial charge is 0.480 e. The number of halogens is 2. The Morgan fingerprint density at radius 2 is 1.85 bits per heavy atom. The van der Waals surface area contributed by atoms with Crippen molar-refractivity contribution in [2.45, 2.75) is 37.1 Å². The number of aliphatic carboxylic acids is 1. The summed E-state index contributed by atoms with van der Waals surface area (Å²) in [6.45, 7) is 3.19. The Labute approximate surface area is 127 Å². The number of hydrogen-bond acceptors (Lipinski definition) is 3. The number of nitrogens with one attached hydrogen (secondary N) is 1. The molecule has 0 aliphatic rings. The molecule has 0 amide bonds. The molecule has 0 saturated heterocycles. The monoisotopic (exact) mass is 339 g/mol. The van der Waals surface area contributed by atoms with Crippen molar-refractivity contribution >= 4 is 39.2 Å². The van der Waals surface area contributed by atoms with Crippen molar-refractivity contribution in [1.82, 2.24) is 4.72 Å². The minimum atomic E-state index is -4.09. The van der Waals surface area contributed by atoms with Crippen LogP contribution in [-0.2, 0) is 14.8 Å². The molecule has 0 fully saturated rings. The van der Waals surface area contributed by atoms with Gasteiger partial charge in [0.05, 0.1) is 5.02 Å². The van der Waals surface area contributed by atoms with Gasteiger partial charge in [-0.15, -0.1) is 0 Å². The lowest BCUT2D eigenvalue weighted by molar-refractivity contribution is -0.144. The van der Waals surface area contributed by atoms with Crippen molar-refractivity contribution in [3.8, 4) is 0 Å². The van der Waals surface area contributed by atoms with E-state index in [0.29, 0.717) is 0 Å². The van der Waals surface area contributed by atoms with E-state index in [4.69, 9.17) is 23.2 Å². The summed E-state index contributed by atoms with van der Waals surface area (Å²) in [5, 5.41) is 9.45. The standard InChI is InChI=1S/C12H15Cl2NO4S/c1-3-12(4-2,11(16)17)15-20(18,19)10-7-8(13)5-6-9(10)14/h5-7,15H,3-4H2,1-2H3,(H,16,17). The van der Waals surface area contributed by atoms with Gasteiger partial charge in [-0.1, -0.05) is 37.0 Å². The van der Waals surface area contributed by atoms with Gasteiger partial charge in [0, 0.05) is 5.02 Å². The lowest BCUT2D eigenvalue weighted by Gasteiger charge is -2.27. The van der Waals surface area contributed by atoms with E-state index < -0.39 is 21.5 Å². The fraction of sp³-hybridized carbons (Fsp3) is 0.417. The van der Waals surface area contributed by atoms with Gasteiger partial charge < -0.3 is 5.11 Å². The first kappa shape index (κ1) is 17.2. The normalized spacial score (nSPS) is 12.4. The predicted molar refractivity (Wildman–Crippen MR) is 77.7 cm³/mol. The molecular formula is C12H15Cl2NO4S. The van der Waals surface area contributed by atoms with E-state index in [9.17, 15) is 18.3 Å². The number of hydrogen-bond donors (Lipinski definition) is 2. The maximum atomic E-state index is 12.3. The summed E-state index contributed by atoms with van der Waals surface area (Å²) in [5.74, 6) is -1.23. The molecule has 0 atom stereocenters. The van der Waals surface area contributed by atoms with Crippen LogP contribution in [0.4, 0.5) is 0 Å². The molecule has 0 unspecified atom stereocenters. The van der Waals surface area contributed by atoms with E-state index >= 15 is 0 Å². The van der Waals surface area contributed by atoms with Crippen LogP contribution < -0.4 is 4.72 Å². The Morgan fingerprint density at radius 3 is 2.30 bits per heavy atom. The van der Waals surface area contributed by atoms with Crippen molar-refractivity contribution in [2.24, 2.45) is 0 Å². The Balaban J connectivity index is 3.30. The number of rotatable bonds is 6. The Bertz CT molecular complexity index is 612. The maximum absolute atomic E-state index is 12.3. The molecule has 1 aromatic rings. The van der Waals surface area contributed by atoms with Crippen LogP contribution in [0.25, 0.3) is 0 Å². The smallest absolute Gasteiger partial charge is 0.324 e. The first-order valence-electron chi connectivity index (χ1n) is 5.91. The molecule has 0 aliphatic heterocycles. The second-order valence-corrected chi connectivity index (χ2v) is 6.77. The third-order valence-electron chi connectivity index (χ3n) is 3.13. The first-order valence-corrected chi connectivity index (χ1v) is 8.15. The summed E-state index contributed by atoms with van der Waals surface area (Å²) in [7, 11) is -4.09. The van der Waals surface area contributed by atoms with Crippen LogP contribution in [-0.4, -0.2) is 25.0 Å². The van der Waals surface area contributed by atoms with Crippen molar-refractivity contribution in [1.29, 1.82) is 0 Å². The molecule has 2 N–H and O–H groups in total. The molecule has 1 rings (SSSR count). The Morgan fingerprint density at radius 1 is 1.30 bits per heavy atom. The van der Waals surface area contributed by atoms with E-state index in [1.807, 2.05) is 0 Å². The first-order chi connectivity index (χ1) is 9.18.